The van der Waals surface area contributed by atoms with Gasteiger partial charge in [0.05, 0.1) is 0 Å². The fraction of sp³-hybridized carbons (Fsp3) is 0.450. The van der Waals surface area contributed by atoms with E-state index in [1.165, 1.54) is 6.08 Å². The first-order chi connectivity index (χ1) is 12.7. The van der Waals surface area contributed by atoms with E-state index in [0.717, 1.165) is 0 Å². The minimum atomic E-state index is -0.325. The molecular formula is C20H28N4O3. The first-order valence-corrected chi connectivity index (χ1v) is 9.09. The number of amides is 4. The predicted molar refractivity (Wildman–Crippen MR) is 106 cm³/mol. The van der Waals surface area contributed by atoms with Crippen molar-refractivity contribution in [3.05, 3.63) is 42.5 Å². The van der Waals surface area contributed by atoms with Crippen LogP contribution in [0.15, 0.2) is 36.9 Å². The topological polar surface area (TPSA) is 90.5 Å². The average molecular weight is 372 g/mol. The number of carbonyl (C=O) groups is 3. The van der Waals surface area contributed by atoms with Crippen LogP contribution in [0.25, 0.3) is 0 Å². The maximum Gasteiger partial charge on any atom is 0.317 e. The quantitative estimate of drug-likeness (QED) is 0.709. The Bertz CT molecular complexity index is 716. The Balaban J connectivity index is 1.87. The van der Waals surface area contributed by atoms with Crippen molar-refractivity contribution in [3.63, 3.8) is 0 Å². The second-order valence-corrected chi connectivity index (χ2v) is 7.69. The number of benzene rings is 1. The van der Waals surface area contributed by atoms with Crippen LogP contribution in [0.5, 0.6) is 0 Å². The zero-order valence-corrected chi connectivity index (χ0v) is 16.2. The second-order valence-electron chi connectivity index (χ2n) is 7.69. The summed E-state index contributed by atoms with van der Waals surface area (Å²) in [5, 5.41) is 8.60. The van der Waals surface area contributed by atoms with E-state index in [4.69, 9.17) is 0 Å². The van der Waals surface area contributed by atoms with Crippen molar-refractivity contribution in [2.24, 2.45) is 0 Å². The van der Waals surface area contributed by atoms with Crippen LogP contribution in [0.4, 0.5) is 10.5 Å². The van der Waals surface area contributed by atoms with Gasteiger partial charge in [-0.05, 0) is 57.9 Å². The van der Waals surface area contributed by atoms with Gasteiger partial charge in [-0.1, -0.05) is 12.6 Å². The molecule has 1 aliphatic rings. The molecular weight excluding hydrogens is 344 g/mol. The molecule has 0 atom stereocenters. The van der Waals surface area contributed by atoms with Gasteiger partial charge in [0.1, 0.15) is 0 Å². The third-order valence-electron chi connectivity index (χ3n) is 4.18. The van der Waals surface area contributed by atoms with Crippen molar-refractivity contribution < 1.29 is 14.4 Å². The minimum Gasteiger partial charge on any atom is -0.349 e. The van der Waals surface area contributed by atoms with E-state index in [1.54, 1.807) is 29.2 Å². The van der Waals surface area contributed by atoms with Gasteiger partial charge < -0.3 is 20.9 Å². The van der Waals surface area contributed by atoms with Gasteiger partial charge in [-0.2, -0.15) is 0 Å². The van der Waals surface area contributed by atoms with Gasteiger partial charge in [0.25, 0.3) is 5.91 Å². The van der Waals surface area contributed by atoms with Crippen LogP contribution >= 0.6 is 0 Å². The second kappa shape index (κ2) is 8.70. The van der Waals surface area contributed by atoms with Gasteiger partial charge in [0.15, 0.2) is 0 Å². The number of nitrogens with zero attached hydrogens (tertiary/aromatic N) is 1. The van der Waals surface area contributed by atoms with E-state index in [1.807, 2.05) is 20.8 Å². The lowest BCUT2D eigenvalue weighted by Crippen LogP contribution is -2.53. The number of anilines is 1. The van der Waals surface area contributed by atoms with Gasteiger partial charge in [-0.25, -0.2) is 4.79 Å². The standard InChI is InChI=1S/C20H28N4O3/c1-5-17(25)21-16-8-6-7-14(13-16)18(26)22-15-9-11-24(12-10-15)19(27)23-20(2,3)4/h5-8,13,15H,1,9-12H2,2-4H3,(H,21,25)(H,22,26)(H,23,27). The Morgan fingerprint density at radius 2 is 1.85 bits per heavy atom. The van der Waals surface area contributed by atoms with E-state index in [2.05, 4.69) is 22.5 Å². The Kier molecular flexibility index (Phi) is 6.60. The molecule has 7 nitrogen and oxygen atoms in total. The van der Waals surface area contributed by atoms with Crippen molar-refractivity contribution in [1.29, 1.82) is 0 Å². The molecule has 0 aliphatic carbocycles. The molecule has 1 heterocycles. The van der Waals surface area contributed by atoms with E-state index in [0.29, 0.717) is 37.2 Å². The number of hydrogen-bond acceptors (Lipinski definition) is 3. The lowest BCUT2D eigenvalue weighted by molar-refractivity contribution is -0.111. The summed E-state index contributed by atoms with van der Waals surface area (Å²) in [5.41, 5.74) is 0.750. The van der Waals surface area contributed by atoms with E-state index in [9.17, 15) is 14.4 Å². The first kappa shape index (κ1) is 20.5. The molecule has 1 fully saturated rings. The van der Waals surface area contributed by atoms with Crippen LogP contribution in [-0.2, 0) is 4.79 Å². The fourth-order valence-corrected chi connectivity index (χ4v) is 2.83. The Morgan fingerprint density at radius 1 is 1.19 bits per heavy atom. The van der Waals surface area contributed by atoms with E-state index < -0.39 is 0 Å². The average Bonchev–Trinajstić information content (AvgIpc) is 2.61. The predicted octanol–water partition coefficient (Wildman–Crippen LogP) is 2.51. The molecule has 1 saturated heterocycles. The molecule has 7 heteroatoms. The molecule has 0 bridgehead atoms. The van der Waals surface area contributed by atoms with Gasteiger partial charge in [0, 0.05) is 35.9 Å². The SMILES string of the molecule is C=CC(=O)Nc1cccc(C(=O)NC2CCN(C(=O)NC(C)(C)C)CC2)c1. The largest absolute Gasteiger partial charge is 0.349 e. The maximum atomic E-state index is 12.5. The number of likely N-dealkylation sites (tertiary alicyclic amines) is 1. The number of nitrogens with one attached hydrogen (secondary N) is 3. The highest BCUT2D eigenvalue weighted by atomic mass is 16.2. The third kappa shape index (κ3) is 6.44. The lowest BCUT2D eigenvalue weighted by atomic mass is 10.0. The summed E-state index contributed by atoms with van der Waals surface area (Å²) in [6.45, 7) is 10.4. The smallest absolute Gasteiger partial charge is 0.317 e. The molecule has 146 valence electrons. The van der Waals surface area contributed by atoms with Crippen molar-refractivity contribution >= 4 is 23.5 Å². The van der Waals surface area contributed by atoms with E-state index in [-0.39, 0.29) is 29.4 Å². The zero-order chi connectivity index (χ0) is 20.0. The number of hydrogen-bond donors (Lipinski definition) is 3. The maximum absolute atomic E-state index is 12.5. The van der Waals surface area contributed by atoms with Crippen molar-refractivity contribution in [2.45, 2.75) is 45.2 Å². The summed E-state index contributed by atoms with van der Waals surface area (Å²) in [7, 11) is 0. The van der Waals surface area contributed by atoms with Crippen LogP contribution in [0.2, 0.25) is 0 Å². The summed E-state index contributed by atoms with van der Waals surface area (Å²) in [6.07, 6.45) is 2.59. The lowest BCUT2D eigenvalue weighted by Gasteiger charge is -2.34. The summed E-state index contributed by atoms with van der Waals surface area (Å²) < 4.78 is 0. The van der Waals surface area contributed by atoms with Crippen LogP contribution in [0, 0.1) is 0 Å². The number of piperidine rings is 1. The highest BCUT2D eigenvalue weighted by Crippen LogP contribution is 2.15. The van der Waals surface area contributed by atoms with E-state index >= 15 is 0 Å². The molecule has 1 aliphatic heterocycles. The normalized spacial score (nSPS) is 15.0. The molecule has 4 amide bonds. The third-order valence-corrected chi connectivity index (χ3v) is 4.18. The van der Waals surface area contributed by atoms with Gasteiger partial charge in [-0.3, -0.25) is 9.59 Å². The van der Waals surface area contributed by atoms with Crippen LogP contribution in [0.1, 0.15) is 44.0 Å². The molecule has 3 N–H and O–H groups in total. The molecule has 0 spiro atoms. The number of carbonyl (C=O) groups excluding carboxylic acids is 3. The van der Waals surface area contributed by atoms with Crippen molar-refractivity contribution in [2.75, 3.05) is 18.4 Å². The molecule has 27 heavy (non-hydrogen) atoms. The fourth-order valence-electron chi connectivity index (χ4n) is 2.83. The zero-order valence-electron chi connectivity index (χ0n) is 16.2. The molecule has 0 unspecified atom stereocenters. The Hall–Kier alpha value is -2.83. The van der Waals surface area contributed by atoms with Crippen LogP contribution in [-0.4, -0.2) is 47.4 Å². The summed E-state index contributed by atoms with van der Waals surface area (Å²) in [6, 6.07) is 6.70. The Labute approximate surface area is 160 Å². The van der Waals surface area contributed by atoms with Gasteiger partial charge in [-0.15, -0.1) is 0 Å². The molecule has 0 saturated carbocycles. The molecule has 1 aromatic carbocycles. The van der Waals surface area contributed by atoms with Crippen LogP contribution in [0.3, 0.4) is 0 Å². The minimum absolute atomic E-state index is 0.0163. The molecule has 2 rings (SSSR count). The van der Waals surface area contributed by atoms with Gasteiger partial charge in [0.2, 0.25) is 5.91 Å². The molecule has 0 aromatic heterocycles. The van der Waals surface area contributed by atoms with Crippen LogP contribution < -0.4 is 16.0 Å². The summed E-state index contributed by atoms with van der Waals surface area (Å²) >= 11 is 0. The first-order valence-electron chi connectivity index (χ1n) is 9.09. The molecule has 0 radical (unpaired) electrons. The monoisotopic (exact) mass is 372 g/mol. The summed E-state index contributed by atoms with van der Waals surface area (Å²) in [5.74, 6) is -0.518. The highest BCUT2D eigenvalue weighted by molar-refractivity contribution is 6.00. The Morgan fingerprint density at radius 3 is 2.44 bits per heavy atom. The number of rotatable bonds is 4. The molecule has 1 aromatic rings. The van der Waals surface area contributed by atoms with Crippen molar-refractivity contribution in [1.82, 2.24) is 15.5 Å². The number of urea groups is 1. The summed E-state index contributed by atoms with van der Waals surface area (Å²) in [4.78, 5) is 37.8. The van der Waals surface area contributed by atoms with Crippen molar-refractivity contribution in [3.8, 4) is 0 Å². The highest BCUT2D eigenvalue weighted by Gasteiger charge is 2.26. The van der Waals surface area contributed by atoms with Gasteiger partial charge >= 0.3 is 6.03 Å².